The normalized spacial score (nSPS) is 10.1. The first kappa shape index (κ1) is 15.8. The molecule has 2 aromatic rings. The van der Waals surface area contributed by atoms with Gasteiger partial charge in [-0.15, -0.1) is 0 Å². The number of pyridine rings is 1. The smallest absolute Gasteiger partial charge is 0.251 e. The van der Waals surface area contributed by atoms with E-state index in [4.69, 9.17) is 4.74 Å². The van der Waals surface area contributed by atoms with Crippen molar-refractivity contribution in [2.75, 3.05) is 18.5 Å². The van der Waals surface area contributed by atoms with E-state index in [-0.39, 0.29) is 5.91 Å². The first-order chi connectivity index (χ1) is 10.7. The highest BCUT2D eigenvalue weighted by Crippen LogP contribution is 2.19. The van der Waals surface area contributed by atoms with Gasteiger partial charge in [-0.25, -0.2) is 4.98 Å². The summed E-state index contributed by atoms with van der Waals surface area (Å²) in [7, 11) is 0. The Morgan fingerprint density at radius 3 is 2.64 bits per heavy atom. The maximum Gasteiger partial charge on any atom is 0.251 e. The molecule has 0 spiro atoms. The van der Waals surface area contributed by atoms with Crippen LogP contribution in [0.15, 0.2) is 42.6 Å². The number of carbonyl (C=O) groups is 1. The van der Waals surface area contributed by atoms with Crippen molar-refractivity contribution in [1.29, 1.82) is 0 Å². The van der Waals surface area contributed by atoms with E-state index in [0.717, 1.165) is 17.9 Å². The summed E-state index contributed by atoms with van der Waals surface area (Å²) in [5, 5.41) is 6.03. The van der Waals surface area contributed by atoms with Crippen LogP contribution in [0.4, 0.5) is 11.5 Å². The van der Waals surface area contributed by atoms with Gasteiger partial charge in [-0.2, -0.15) is 0 Å². The monoisotopic (exact) mass is 299 g/mol. The van der Waals surface area contributed by atoms with Gasteiger partial charge in [0.25, 0.3) is 5.91 Å². The minimum absolute atomic E-state index is 0.0843. The number of hydrogen-bond donors (Lipinski definition) is 2. The Balaban J connectivity index is 2.04. The maximum absolute atomic E-state index is 11.9. The van der Waals surface area contributed by atoms with E-state index in [9.17, 15) is 4.79 Å². The van der Waals surface area contributed by atoms with Crippen LogP contribution in [0.2, 0.25) is 0 Å². The first-order valence-corrected chi connectivity index (χ1v) is 7.47. The molecule has 116 valence electrons. The number of benzene rings is 1. The fraction of sp³-hybridized carbons (Fsp3) is 0.294. The van der Waals surface area contributed by atoms with Crippen LogP contribution in [-0.4, -0.2) is 24.0 Å². The number of aromatic nitrogens is 1. The second kappa shape index (κ2) is 8.02. The molecule has 0 unspecified atom stereocenters. The lowest BCUT2D eigenvalue weighted by Gasteiger charge is -2.09. The minimum atomic E-state index is -0.0843. The lowest BCUT2D eigenvalue weighted by Crippen LogP contribution is -2.24. The summed E-state index contributed by atoms with van der Waals surface area (Å²) in [5.41, 5.74) is 1.49. The third-order valence-electron chi connectivity index (χ3n) is 3.00. The summed E-state index contributed by atoms with van der Waals surface area (Å²) in [6.07, 6.45) is 2.53. The van der Waals surface area contributed by atoms with E-state index in [2.05, 4.69) is 15.6 Å². The number of nitrogens with one attached hydrogen (secondary N) is 2. The molecule has 0 aliphatic carbocycles. The molecule has 1 amide bonds. The molecule has 0 saturated carbocycles. The summed E-state index contributed by atoms with van der Waals surface area (Å²) >= 11 is 0. The Bertz CT molecular complexity index is 612. The molecule has 2 rings (SSSR count). The van der Waals surface area contributed by atoms with Crippen LogP contribution < -0.4 is 15.4 Å². The summed E-state index contributed by atoms with van der Waals surface area (Å²) in [6.45, 7) is 5.28. The molecular weight excluding hydrogens is 278 g/mol. The summed E-state index contributed by atoms with van der Waals surface area (Å²) in [5.74, 6) is 1.38. The summed E-state index contributed by atoms with van der Waals surface area (Å²) in [4.78, 5) is 16.2. The van der Waals surface area contributed by atoms with Gasteiger partial charge in [0.05, 0.1) is 6.61 Å². The molecule has 22 heavy (non-hydrogen) atoms. The molecule has 5 nitrogen and oxygen atoms in total. The number of anilines is 2. The van der Waals surface area contributed by atoms with Gasteiger partial charge in [0.2, 0.25) is 0 Å². The molecule has 1 aromatic carbocycles. The van der Waals surface area contributed by atoms with Crippen molar-refractivity contribution in [3.63, 3.8) is 0 Å². The summed E-state index contributed by atoms with van der Waals surface area (Å²) in [6, 6.07) is 11.1. The van der Waals surface area contributed by atoms with E-state index >= 15 is 0 Å². The van der Waals surface area contributed by atoms with Crippen molar-refractivity contribution in [1.82, 2.24) is 10.3 Å². The van der Waals surface area contributed by atoms with E-state index in [0.29, 0.717) is 24.5 Å². The average molecular weight is 299 g/mol. The number of rotatable bonds is 7. The van der Waals surface area contributed by atoms with Gasteiger partial charge in [0.1, 0.15) is 11.6 Å². The van der Waals surface area contributed by atoms with Crippen molar-refractivity contribution in [3.8, 4) is 5.75 Å². The molecule has 0 fully saturated rings. The van der Waals surface area contributed by atoms with Crippen LogP contribution in [0.1, 0.15) is 30.6 Å². The molecule has 0 atom stereocenters. The number of carbonyl (C=O) groups excluding carboxylic acids is 1. The van der Waals surface area contributed by atoms with Crippen molar-refractivity contribution < 1.29 is 9.53 Å². The van der Waals surface area contributed by atoms with Gasteiger partial charge >= 0.3 is 0 Å². The van der Waals surface area contributed by atoms with Gasteiger partial charge in [-0.3, -0.25) is 4.79 Å². The molecule has 0 saturated heterocycles. The molecule has 0 radical (unpaired) electrons. The molecule has 1 heterocycles. The molecule has 5 heteroatoms. The van der Waals surface area contributed by atoms with Crippen molar-refractivity contribution in [3.05, 3.63) is 48.2 Å². The highest BCUT2D eigenvalue weighted by Gasteiger charge is 2.06. The first-order valence-electron chi connectivity index (χ1n) is 7.47. The number of hydrogen-bond acceptors (Lipinski definition) is 4. The third-order valence-corrected chi connectivity index (χ3v) is 3.00. The number of amides is 1. The maximum atomic E-state index is 11.9. The zero-order valence-corrected chi connectivity index (χ0v) is 12.9. The van der Waals surface area contributed by atoms with Gasteiger partial charge in [-0.1, -0.05) is 6.92 Å². The summed E-state index contributed by atoms with van der Waals surface area (Å²) < 4.78 is 5.40. The highest BCUT2D eigenvalue weighted by molar-refractivity contribution is 5.94. The molecule has 2 N–H and O–H groups in total. The van der Waals surface area contributed by atoms with Crippen LogP contribution in [0.3, 0.4) is 0 Å². The fourth-order valence-corrected chi connectivity index (χ4v) is 1.93. The Labute approximate surface area is 130 Å². The Morgan fingerprint density at radius 2 is 1.95 bits per heavy atom. The predicted octanol–water partition coefficient (Wildman–Crippen LogP) is 3.36. The van der Waals surface area contributed by atoms with E-state index in [1.807, 2.05) is 38.1 Å². The van der Waals surface area contributed by atoms with Crippen molar-refractivity contribution in [2.24, 2.45) is 0 Å². The highest BCUT2D eigenvalue weighted by atomic mass is 16.5. The Hall–Kier alpha value is -2.56. The molecule has 0 bridgehead atoms. The average Bonchev–Trinajstić information content (AvgIpc) is 2.55. The largest absolute Gasteiger partial charge is 0.494 e. The predicted molar refractivity (Wildman–Crippen MR) is 87.8 cm³/mol. The SMILES string of the molecule is CCCNC(=O)c1ccnc(Nc2ccc(OCC)cc2)c1. The molecule has 0 aliphatic rings. The lowest BCUT2D eigenvalue weighted by atomic mass is 10.2. The second-order valence-corrected chi connectivity index (χ2v) is 4.77. The zero-order valence-electron chi connectivity index (χ0n) is 12.9. The van der Waals surface area contributed by atoms with Crippen molar-refractivity contribution in [2.45, 2.75) is 20.3 Å². The van der Waals surface area contributed by atoms with Gasteiger partial charge in [0.15, 0.2) is 0 Å². The topological polar surface area (TPSA) is 63.2 Å². The van der Waals surface area contributed by atoms with Crippen LogP contribution in [0.25, 0.3) is 0 Å². The van der Waals surface area contributed by atoms with Gasteiger partial charge in [-0.05, 0) is 49.7 Å². The van der Waals surface area contributed by atoms with Gasteiger partial charge < -0.3 is 15.4 Å². The number of ether oxygens (including phenoxy) is 1. The Kier molecular flexibility index (Phi) is 5.77. The lowest BCUT2D eigenvalue weighted by molar-refractivity contribution is 0.0953. The molecule has 1 aromatic heterocycles. The number of nitrogens with zero attached hydrogens (tertiary/aromatic N) is 1. The van der Waals surface area contributed by atoms with Crippen LogP contribution >= 0.6 is 0 Å². The standard InChI is InChI=1S/C17H21N3O2/c1-3-10-19-17(21)13-9-11-18-16(12-13)20-14-5-7-15(8-6-14)22-4-2/h5-9,11-12H,3-4,10H2,1-2H3,(H,18,20)(H,19,21). The zero-order chi connectivity index (χ0) is 15.8. The fourth-order valence-electron chi connectivity index (χ4n) is 1.93. The quantitative estimate of drug-likeness (QED) is 0.823. The van der Waals surface area contributed by atoms with Gasteiger partial charge in [0, 0.05) is 24.0 Å². The molecule has 0 aliphatic heterocycles. The van der Waals surface area contributed by atoms with E-state index in [1.165, 1.54) is 0 Å². The second-order valence-electron chi connectivity index (χ2n) is 4.77. The third kappa shape index (κ3) is 4.48. The van der Waals surface area contributed by atoms with Crippen LogP contribution in [-0.2, 0) is 0 Å². The van der Waals surface area contributed by atoms with E-state index in [1.54, 1.807) is 18.3 Å². The van der Waals surface area contributed by atoms with E-state index < -0.39 is 0 Å². The molecular formula is C17H21N3O2. The Morgan fingerprint density at radius 1 is 1.18 bits per heavy atom. The van der Waals surface area contributed by atoms with Crippen molar-refractivity contribution >= 4 is 17.4 Å². The van der Waals surface area contributed by atoms with Crippen LogP contribution in [0, 0.1) is 0 Å². The minimum Gasteiger partial charge on any atom is -0.494 e. The van der Waals surface area contributed by atoms with Crippen LogP contribution in [0.5, 0.6) is 5.75 Å².